The van der Waals surface area contributed by atoms with Gasteiger partial charge in [0.25, 0.3) is 0 Å². The standard InChI is InChI=1S/C12H11N3OS/c1-16-7-9-8-17-12(13-9)10-6-15-5-3-2-4-11(15)14-10/h2-6,8H,7H2,1H3. The number of methoxy groups -OCH3 is 1. The van der Waals surface area contributed by atoms with E-state index in [9.17, 15) is 0 Å². The van der Waals surface area contributed by atoms with Crippen LogP contribution in [0, 0.1) is 0 Å². The average molecular weight is 245 g/mol. The van der Waals surface area contributed by atoms with E-state index in [1.165, 1.54) is 0 Å². The van der Waals surface area contributed by atoms with Crippen LogP contribution in [0.2, 0.25) is 0 Å². The molecular formula is C12H11N3OS. The van der Waals surface area contributed by atoms with Gasteiger partial charge in [0.15, 0.2) is 0 Å². The number of aromatic nitrogens is 3. The van der Waals surface area contributed by atoms with Gasteiger partial charge < -0.3 is 9.14 Å². The van der Waals surface area contributed by atoms with Gasteiger partial charge in [-0.2, -0.15) is 0 Å². The third-order valence-corrected chi connectivity index (χ3v) is 3.34. The quantitative estimate of drug-likeness (QED) is 0.712. The number of imidazole rings is 1. The maximum Gasteiger partial charge on any atom is 0.143 e. The predicted octanol–water partition coefficient (Wildman–Crippen LogP) is 2.60. The first-order valence-electron chi connectivity index (χ1n) is 5.24. The summed E-state index contributed by atoms with van der Waals surface area (Å²) < 4.78 is 7.05. The molecule has 0 atom stereocenters. The lowest BCUT2D eigenvalue weighted by molar-refractivity contribution is 0.182. The second kappa shape index (κ2) is 4.27. The summed E-state index contributed by atoms with van der Waals surface area (Å²) in [7, 11) is 1.67. The Morgan fingerprint density at radius 3 is 3.12 bits per heavy atom. The normalized spacial score (nSPS) is 11.1. The minimum Gasteiger partial charge on any atom is -0.378 e. The van der Waals surface area contributed by atoms with E-state index in [0.717, 1.165) is 22.0 Å². The summed E-state index contributed by atoms with van der Waals surface area (Å²) in [5.74, 6) is 0. The zero-order chi connectivity index (χ0) is 11.7. The van der Waals surface area contributed by atoms with Gasteiger partial charge in [0.05, 0.1) is 12.3 Å². The molecule has 4 nitrogen and oxygen atoms in total. The van der Waals surface area contributed by atoms with Crippen LogP contribution in [0.25, 0.3) is 16.3 Å². The molecule has 0 radical (unpaired) electrons. The molecule has 3 heterocycles. The highest BCUT2D eigenvalue weighted by Crippen LogP contribution is 2.23. The van der Waals surface area contributed by atoms with E-state index < -0.39 is 0 Å². The molecule has 17 heavy (non-hydrogen) atoms. The first-order valence-corrected chi connectivity index (χ1v) is 6.12. The van der Waals surface area contributed by atoms with Crippen LogP contribution in [0.4, 0.5) is 0 Å². The minimum atomic E-state index is 0.546. The molecule has 0 aromatic carbocycles. The van der Waals surface area contributed by atoms with E-state index in [1.807, 2.05) is 40.4 Å². The molecule has 0 fully saturated rings. The zero-order valence-corrected chi connectivity index (χ0v) is 10.1. The van der Waals surface area contributed by atoms with Crippen molar-refractivity contribution in [3.63, 3.8) is 0 Å². The second-order valence-corrected chi connectivity index (χ2v) is 4.53. The van der Waals surface area contributed by atoms with Gasteiger partial charge in [-0.15, -0.1) is 11.3 Å². The van der Waals surface area contributed by atoms with E-state index >= 15 is 0 Å². The largest absolute Gasteiger partial charge is 0.378 e. The van der Waals surface area contributed by atoms with Crippen LogP contribution in [0.3, 0.4) is 0 Å². The fraction of sp³-hybridized carbons (Fsp3) is 0.167. The molecule has 0 spiro atoms. The Balaban J connectivity index is 2.01. The van der Waals surface area contributed by atoms with Gasteiger partial charge in [-0.05, 0) is 12.1 Å². The van der Waals surface area contributed by atoms with Crippen LogP contribution in [-0.2, 0) is 11.3 Å². The SMILES string of the molecule is COCc1csc(-c2cn3ccccc3n2)n1. The molecular weight excluding hydrogens is 234 g/mol. The maximum absolute atomic E-state index is 5.05. The number of thiazole rings is 1. The van der Waals surface area contributed by atoms with Gasteiger partial charge in [0.2, 0.25) is 0 Å². The van der Waals surface area contributed by atoms with E-state index in [-0.39, 0.29) is 0 Å². The molecule has 0 unspecified atom stereocenters. The number of hydrogen-bond acceptors (Lipinski definition) is 4. The summed E-state index contributed by atoms with van der Waals surface area (Å²) in [5, 5.41) is 2.93. The lowest BCUT2D eigenvalue weighted by Gasteiger charge is -1.90. The van der Waals surface area contributed by atoms with Crippen molar-refractivity contribution in [2.75, 3.05) is 7.11 Å². The number of ether oxygens (including phenoxy) is 1. The Morgan fingerprint density at radius 1 is 1.35 bits per heavy atom. The van der Waals surface area contributed by atoms with Crippen LogP contribution in [0.5, 0.6) is 0 Å². The van der Waals surface area contributed by atoms with E-state index in [2.05, 4.69) is 9.97 Å². The second-order valence-electron chi connectivity index (χ2n) is 3.67. The third kappa shape index (κ3) is 1.94. The van der Waals surface area contributed by atoms with Crippen molar-refractivity contribution in [2.24, 2.45) is 0 Å². The summed E-state index contributed by atoms with van der Waals surface area (Å²) in [6.45, 7) is 0.546. The van der Waals surface area contributed by atoms with E-state index in [1.54, 1.807) is 18.4 Å². The van der Waals surface area contributed by atoms with Gasteiger partial charge in [0, 0.05) is 24.9 Å². The number of fused-ring (bicyclic) bond motifs is 1. The minimum absolute atomic E-state index is 0.546. The van der Waals surface area contributed by atoms with Gasteiger partial charge in [-0.1, -0.05) is 6.07 Å². The summed E-state index contributed by atoms with van der Waals surface area (Å²) >= 11 is 1.59. The van der Waals surface area contributed by atoms with Crippen molar-refractivity contribution in [1.82, 2.24) is 14.4 Å². The summed E-state index contributed by atoms with van der Waals surface area (Å²) in [6, 6.07) is 5.94. The number of rotatable bonds is 3. The zero-order valence-electron chi connectivity index (χ0n) is 9.33. The fourth-order valence-corrected chi connectivity index (χ4v) is 2.43. The monoisotopic (exact) mass is 245 g/mol. The van der Waals surface area contributed by atoms with Crippen molar-refractivity contribution < 1.29 is 4.74 Å². The Morgan fingerprint density at radius 2 is 2.29 bits per heavy atom. The highest BCUT2D eigenvalue weighted by atomic mass is 32.1. The summed E-state index contributed by atoms with van der Waals surface area (Å²) in [6.07, 6.45) is 3.97. The van der Waals surface area contributed by atoms with Gasteiger partial charge in [-0.25, -0.2) is 9.97 Å². The topological polar surface area (TPSA) is 39.4 Å². The lowest BCUT2D eigenvalue weighted by Crippen LogP contribution is -1.86. The number of pyridine rings is 1. The molecule has 0 saturated heterocycles. The number of nitrogens with zero attached hydrogens (tertiary/aromatic N) is 3. The smallest absolute Gasteiger partial charge is 0.143 e. The van der Waals surface area contributed by atoms with Crippen molar-refractivity contribution in [3.8, 4) is 10.7 Å². The molecule has 5 heteroatoms. The van der Waals surface area contributed by atoms with E-state index in [4.69, 9.17) is 4.74 Å². The third-order valence-electron chi connectivity index (χ3n) is 2.43. The lowest BCUT2D eigenvalue weighted by atomic mass is 10.5. The molecule has 3 aromatic rings. The molecule has 86 valence electrons. The fourth-order valence-electron chi connectivity index (χ4n) is 1.68. The van der Waals surface area contributed by atoms with Crippen molar-refractivity contribution in [1.29, 1.82) is 0 Å². The Hall–Kier alpha value is -1.72. The molecule has 0 amide bonds. The number of hydrogen-bond donors (Lipinski definition) is 0. The molecule has 3 rings (SSSR count). The first kappa shape index (κ1) is 10.4. The van der Waals surface area contributed by atoms with Crippen LogP contribution in [0.15, 0.2) is 36.0 Å². The molecule has 0 aliphatic rings. The summed E-state index contributed by atoms with van der Waals surface area (Å²) in [4.78, 5) is 9.01. The highest BCUT2D eigenvalue weighted by molar-refractivity contribution is 7.13. The van der Waals surface area contributed by atoms with Gasteiger partial charge in [-0.3, -0.25) is 0 Å². The van der Waals surface area contributed by atoms with Crippen LogP contribution >= 0.6 is 11.3 Å². The van der Waals surface area contributed by atoms with Gasteiger partial charge in [0.1, 0.15) is 16.3 Å². The molecule has 0 aliphatic carbocycles. The predicted molar refractivity (Wildman–Crippen MR) is 67.0 cm³/mol. The van der Waals surface area contributed by atoms with Crippen molar-refractivity contribution in [2.45, 2.75) is 6.61 Å². The summed E-state index contributed by atoms with van der Waals surface area (Å²) in [5.41, 5.74) is 2.79. The highest BCUT2D eigenvalue weighted by Gasteiger charge is 2.08. The molecule has 0 N–H and O–H groups in total. The Labute approximate surface area is 103 Å². The first-order chi connectivity index (χ1) is 8.36. The Bertz CT molecular complexity index is 611. The molecule has 0 bridgehead atoms. The van der Waals surface area contributed by atoms with E-state index in [0.29, 0.717) is 6.61 Å². The maximum atomic E-state index is 5.05. The Kier molecular flexibility index (Phi) is 2.62. The molecule has 0 saturated carbocycles. The average Bonchev–Trinajstić information content (AvgIpc) is 2.94. The van der Waals surface area contributed by atoms with Crippen LogP contribution in [0.1, 0.15) is 5.69 Å². The van der Waals surface area contributed by atoms with Crippen molar-refractivity contribution in [3.05, 3.63) is 41.7 Å². The van der Waals surface area contributed by atoms with Crippen LogP contribution in [-0.4, -0.2) is 21.5 Å². The van der Waals surface area contributed by atoms with Crippen LogP contribution < -0.4 is 0 Å². The molecule has 0 aliphatic heterocycles. The van der Waals surface area contributed by atoms with Gasteiger partial charge >= 0.3 is 0 Å². The molecule has 3 aromatic heterocycles. The van der Waals surface area contributed by atoms with Crippen molar-refractivity contribution >= 4 is 17.0 Å².